The average Bonchev–Trinajstić information content (AvgIpc) is 2.63. The monoisotopic (exact) mass is 357 g/mol. The lowest BCUT2D eigenvalue weighted by Gasteiger charge is -2.24. The van der Waals surface area contributed by atoms with Gasteiger partial charge in [0.05, 0.1) is 10.5 Å². The van der Waals surface area contributed by atoms with Crippen molar-refractivity contribution in [2.45, 2.75) is 20.0 Å². The lowest BCUT2D eigenvalue weighted by atomic mass is 10.1. The van der Waals surface area contributed by atoms with Crippen LogP contribution in [0.1, 0.15) is 24.2 Å². The molecule has 2 aromatic carbocycles. The summed E-state index contributed by atoms with van der Waals surface area (Å²) in [5.41, 5.74) is 5.70. The number of amides is 1. The van der Waals surface area contributed by atoms with Gasteiger partial charge in [0.25, 0.3) is 11.6 Å². The lowest BCUT2D eigenvalue weighted by molar-refractivity contribution is -0.383. The first-order valence-corrected chi connectivity index (χ1v) is 7.96. The summed E-state index contributed by atoms with van der Waals surface area (Å²) < 4.78 is 5.18. The van der Waals surface area contributed by atoms with Gasteiger partial charge < -0.3 is 15.4 Å². The molecular weight excluding hydrogens is 338 g/mol. The number of hydrogen-bond donors (Lipinski definition) is 1. The van der Waals surface area contributed by atoms with Gasteiger partial charge in [-0.3, -0.25) is 14.9 Å². The van der Waals surface area contributed by atoms with Gasteiger partial charge in [0.15, 0.2) is 6.10 Å². The highest BCUT2D eigenvalue weighted by Crippen LogP contribution is 2.23. The molecule has 2 rings (SSSR count). The second kappa shape index (κ2) is 8.11. The normalized spacial score (nSPS) is 11.5. The Morgan fingerprint density at radius 2 is 1.88 bits per heavy atom. The van der Waals surface area contributed by atoms with E-state index in [0.717, 1.165) is 6.07 Å². The van der Waals surface area contributed by atoms with Crippen LogP contribution < -0.4 is 10.6 Å². The molecule has 0 aliphatic carbocycles. The van der Waals surface area contributed by atoms with E-state index in [1.165, 1.54) is 24.0 Å². The highest BCUT2D eigenvalue weighted by Gasteiger charge is 2.25. The number of nitrogens with two attached hydrogens (primary N) is 1. The molecule has 2 N–H and O–H groups in total. The highest BCUT2D eigenvalue weighted by atomic mass is 16.6. The van der Waals surface area contributed by atoms with E-state index in [9.17, 15) is 19.7 Å². The molecule has 0 spiro atoms. The van der Waals surface area contributed by atoms with Gasteiger partial charge in [0.1, 0.15) is 5.69 Å². The fourth-order valence-electron chi connectivity index (χ4n) is 2.40. The first kappa shape index (κ1) is 18.9. The minimum Gasteiger partial charge on any atom is -0.449 e. The largest absolute Gasteiger partial charge is 0.449 e. The Bertz CT molecular complexity index is 823. The molecule has 0 fully saturated rings. The maximum absolute atomic E-state index is 12.6. The zero-order valence-corrected chi connectivity index (χ0v) is 14.4. The first-order chi connectivity index (χ1) is 12.3. The van der Waals surface area contributed by atoms with E-state index in [4.69, 9.17) is 10.5 Å². The number of esters is 1. The number of rotatable bonds is 6. The molecule has 0 unspecified atom stereocenters. The van der Waals surface area contributed by atoms with Gasteiger partial charge >= 0.3 is 5.97 Å². The van der Waals surface area contributed by atoms with Crippen LogP contribution in [0.15, 0.2) is 48.5 Å². The Balaban J connectivity index is 2.14. The van der Waals surface area contributed by atoms with Crippen molar-refractivity contribution >= 4 is 28.9 Å². The molecule has 0 heterocycles. The molecule has 0 aromatic heterocycles. The first-order valence-electron chi connectivity index (χ1n) is 7.96. The molecule has 8 nitrogen and oxygen atoms in total. The third kappa shape index (κ3) is 4.15. The van der Waals surface area contributed by atoms with Crippen LogP contribution in [0.3, 0.4) is 0 Å². The van der Waals surface area contributed by atoms with E-state index < -0.39 is 28.6 Å². The maximum atomic E-state index is 12.6. The summed E-state index contributed by atoms with van der Waals surface area (Å²) >= 11 is 0. The molecule has 0 aliphatic heterocycles. The quantitative estimate of drug-likeness (QED) is 0.368. The summed E-state index contributed by atoms with van der Waals surface area (Å²) in [7, 11) is 0. The number of carbonyl (C=O) groups excluding carboxylic acids is 2. The number of para-hydroxylation sites is 1. The van der Waals surface area contributed by atoms with Crippen LogP contribution in [-0.2, 0) is 9.53 Å². The number of anilines is 2. The van der Waals surface area contributed by atoms with E-state index in [0.29, 0.717) is 12.2 Å². The van der Waals surface area contributed by atoms with Crippen LogP contribution in [0.25, 0.3) is 0 Å². The van der Waals surface area contributed by atoms with E-state index in [1.54, 1.807) is 24.3 Å². The molecule has 0 bridgehead atoms. The van der Waals surface area contributed by atoms with Crippen LogP contribution in [-0.4, -0.2) is 29.4 Å². The van der Waals surface area contributed by atoms with Crippen molar-refractivity contribution in [3.8, 4) is 0 Å². The molecule has 8 heteroatoms. The van der Waals surface area contributed by atoms with Crippen molar-refractivity contribution in [3.05, 3.63) is 64.2 Å². The van der Waals surface area contributed by atoms with Crippen molar-refractivity contribution in [1.29, 1.82) is 0 Å². The van der Waals surface area contributed by atoms with Crippen molar-refractivity contribution in [1.82, 2.24) is 0 Å². The van der Waals surface area contributed by atoms with Crippen molar-refractivity contribution < 1.29 is 19.2 Å². The van der Waals surface area contributed by atoms with Gasteiger partial charge in [-0.25, -0.2) is 4.79 Å². The number of hydrogen-bond acceptors (Lipinski definition) is 6. The van der Waals surface area contributed by atoms with E-state index in [2.05, 4.69) is 0 Å². The third-order valence-corrected chi connectivity index (χ3v) is 3.74. The van der Waals surface area contributed by atoms with Gasteiger partial charge in [-0.15, -0.1) is 0 Å². The molecule has 136 valence electrons. The summed E-state index contributed by atoms with van der Waals surface area (Å²) in [5, 5.41) is 10.9. The predicted molar refractivity (Wildman–Crippen MR) is 96.9 cm³/mol. The van der Waals surface area contributed by atoms with E-state index >= 15 is 0 Å². The Morgan fingerprint density at radius 1 is 1.23 bits per heavy atom. The Kier molecular flexibility index (Phi) is 5.90. The van der Waals surface area contributed by atoms with Crippen molar-refractivity contribution in [2.24, 2.45) is 0 Å². The molecular formula is C18H19N3O5. The van der Waals surface area contributed by atoms with Crippen LogP contribution >= 0.6 is 0 Å². The summed E-state index contributed by atoms with van der Waals surface area (Å²) in [5.74, 6) is -1.23. The fourth-order valence-corrected chi connectivity index (χ4v) is 2.40. The average molecular weight is 357 g/mol. The SMILES string of the molecule is CCN(C(=O)[C@H](C)OC(=O)c1ccc(N)c([N+](=O)[O-])c1)c1ccccc1. The molecule has 1 amide bonds. The number of ether oxygens (including phenoxy) is 1. The number of nitrogen functional groups attached to an aromatic ring is 1. The van der Waals surface area contributed by atoms with Crippen molar-refractivity contribution in [3.63, 3.8) is 0 Å². The van der Waals surface area contributed by atoms with Gasteiger partial charge in [0.2, 0.25) is 0 Å². The Morgan fingerprint density at radius 3 is 2.46 bits per heavy atom. The summed E-state index contributed by atoms with van der Waals surface area (Å²) in [4.78, 5) is 36.6. The Labute approximate surface area is 150 Å². The zero-order chi connectivity index (χ0) is 19.3. The number of nitro groups is 1. The van der Waals surface area contributed by atoms with Crippen LogP contribution in [0.5, 0.6) is 0 Å². The maximum Gasteiger partial charge on any atom is 0.339 e. The van der Waals surface area contributed by atoms with E-state index in [1.807, 2.05) is 13.0 Å². The summed E-state index contributed by atoms with van der Waals surface area (Å²) in [6, 6.07) is 12.6. The number of carbonyl (C=O) groups is 2. The number of likely N-dealkylation sites (N-methyl/N-ethyl adjacent to an activating group) is 1. The minimum atomic E-state index is -1.06. The Hall–Kier alpha value is -3.42. The fraction of sp³-hybridized carbons (Fsp3) is 0.222. The number of nitro benzene ring substituents is 1. The third-order valence-electron chi connectivity index (χ3n) is 3.74. The molecule has 2 aromatic rings. The lowest BCUT2D eigenvalue weighted by Crippen LogP contribution is -2.40. The molecule has 26 heavy (non-hydrogen) atoms. The standard InChI is InChI=1S/C18H19N3O5/c1-3-20(14-7-5-4-6-8-14)17(22)12(2)26-18(23)13-9-10-15(19)16(11-13)21(24)25/h4-12H,3,19H2,1-2H3/t12-/m0/s1. The van der Waals surface area contributed by atoms with Gasteiger partial charge in [-0.1, -0.05) is 18.2 Å². The van der Waals surface area contributed by atoms with E-state index in [-0.39, 0.29) is 11.3 Å². The molecule has 0 radical (unpaired) electrons. The number of nitrogens with zero attached hydrogens (tertiary/aromatic N) is 2. The smallest absolute Gasteiger partial charge is 0.339 e. The summed E-state index contributed by atoms with van der Waals surface area (Å²) in [6.45, 7) is 3.67. The van der Waals surface area contributed by atoms with Gasteiger partial charge in [-0.05, 0) is 38.1 Å². The topological polar surface area (TPSA) is 116 Å². The van der Waals surface area contributed by atoms with Gasteiger partial charge in [-0.2, -0.15) is 0 Å². The van der Waals surface area contributed by atoms with Crippen LogP contribution in [0, 0.1) is 10.1 Å². The molecule has 0 saturated carbocycles. The second-order valence-corrected chi connectivity index (χ2v) is 5.50. The molecule has 0 aliphatic rings. The zero-order valence-electron chi connectivity index (χ0n) is 14.4. The number of benzene rings is 2. The minimum absolute atomic E-state index is 0.0479. The van der Waals surface area contributed by atoms with Crippen molar-refractivity contribution in [2.75, 3.05) is 17.2 Å². The summed E-state index contributed by atoms with van der Waals surface area (Å²) in [6.07, 6.45) is -1.06. The second-order valence-electron chi connectivity index (χ2n) is 5.50. The predicted octanol–water partition coefficient (Wildman–Crippen LogP) is 2.78. The highest BCUT2D eigenvalue weighted by molar-refractivity contribution is 5.99. The van der Waals surface area contributed by atoms with Gasteiger partial charge in [0, 0.05) is 18.3 Å². The van der Waals surface area contributed by atoms with Crippen LogP contribution in [0.4, 0.5) is 17.1 Å². The molecule has 0 saturated heterocycles. The van der Waals surface area contributed by atoms with Crippen LogP contribution in [0.2, 0.25) is 0 Å². The molecule has 1 atom stereocenters.